The molecule has 3 heterocycles. The zero-order chi connectivity index (χ0) is 18.8. The van der Waals surface area contributed by atoms with Gasteiger partial charge in [-0.05, 0) is 37.1 Å². The van der Waals surface area contributed by atoms with E-state index < -0.39 is 0 Å². The summed E-state index contributed by atoms with van der Waals surface area (Å²) in [7, 11) is 0. The third-order valence-corrected chi connectivity index (χ3v) is 4.70. The second kappa shape index (κ2) is 7.22. The van der Waals surface area contributed by atoms with Crippen molar-refractivity contribution in [3.05, 3.63) is 59.8 Å². The van der Waals surface area contributed by atoms with Crippen molar-refractivity contribution in [1.82, 2.24) is 25.0 Å². The van der Waals surface area contributed by atoms with Crippen LogP contribution in [0.1, 0.15) is 40.7 Å². The fourth-order valence-electron chi connectivity index (χ4n) is 3.41. The molecule has 27 heavy (non-hydrogen) atoms. The molecule has 7 nitrogen and oxygen atoms in total. The highest BCUT2D eigenvalue weighted by atomic mass is 19.1. The van der Waals surface area contributed by atoms with Crippen molar-refractivity contribution in [2.24, 2.45) is 0 Å². The number of piperidine rings is 1. The van der Waals surface area contributed by atoms with Crippen molar-refractivity contribution in [3.8, 4) is 11.4 Å². The summed E-state index contributed by atoms with van der Waals surface area (Å²) in [4.78, 5) is 27.4. The van der Waals surface area contributed by atoms with Gasteiger partial charge in [-0.3, -0.25) is 4.79 Å². The fourth-order valence-corrected chi connectivity index (χ4v) is 3.41. The van der Waals surface area contributed by atoms with Crippen molar-refractivity contribution < 1.29 is 13.7 Å². The lowest BCUT2D eigenvalue weighted by Gasteiger charge is -2.33. The predicted molar refractivity (Wildman–Crippen MR) is 94.3 cm³/mol. The zero-order valence-electron chi connectivity index (χ0n) is 14.8. The third kappa shape index (κ3) is 3.55. The molecule has 3 aromatic rings. The molecule has 0 unspecified atom stereocenters. The van der Waals surface area contributed by atoms with Crippen molar-refractivity contribution in [2.75, 3.05) is 13.1 Å². The maximum Gasteiger partial charge on any atom is 0.253 e. The first-order valence-corrected chi connectivity index (χ1v) is 8.77. The molecule has 0 N–H and O–H groups in total. The number of hydrogen-bond donors (Lipinski definition) is 0. The molecular formula is C19H18FN5O2. The first-order chi connectivity index (χ1) is 13.1. The highest BCUT2D eigenvalue weighted by Crippen LogP contribution is 2.32. The van der Waals surface area contributed by atoms with Gasteiger partial charge in [0.25, 0.3) is 5.91 Å². The quantitative estimate of drug-likeness (QED) is 0.707. The normalized spacial score (nSPS) is 17.1. The maximum atomic E-state index is 13.1. The van der Waals surface area contributed by atoms with Crippen molar-refractivity contribution in [1.29, 1.82) is 0 Å². The molecule has 1 aromatic carbocycles. The van der Waals surface area contributed by atoms with Crippen LogP contribution in [0.15, 0.2) is 41.3 Å². The van der Waals surface area contributed by atoms with Gasteiger partial charge in [-0.15, -0.1) is 0 Å². The van der Waals surface area contributed by atoms with Crippen molar-refractivity contribution >= 4 is 5.91 Å². The number of benzene rings is 1. The second-order valence-corrected chi connectivity index (χ2v) is 6.56. The molecule has 1 atom stereocenters. The van der Waals surface area contributed by atoms with E-state index in [1.54, 1.807) is 18.0 Å². The zero-order valence-corrected chi connectivity index (χ0v) is 14.8. The Hall–Kier alpha value is -3.16. The minimum absolute atomic E-state index is 0.0416. The summed E-state index contributed by atoms with van der Waals surface area (Å²) in [5.41, 5.74) is 2.01. The third-order valence-electron chi connectivity index (χ3n) is 4.70. The number of amides is 1. The van der Waals surface area contributed by atoms with Gasteiger partial charge in [-0.25, -0.2) is 14.4 Å². The molecule has 1 amide bonds. The molecule has 0 spiro atoms. The molecule has 1 fully saturated rings. The van der Waals surface area contributed by atoms with Gasteiger partial charge in [0.2, 0.25) is 11.7 Å². The standard InChI is InChI=1S/C19H18FN5O2/c1-12-23-18(24-27-12)16-9-21-11-22-17(16)14-3-2-8-25(10-14)19(26)13-4-6-15(20)7-5-13/h4-7,9,11,14H,2-3,8,10H2,1H3/t14-/m1/s1. The number of aromatic nitrogens is 4. The van der Waals surface area contributed by atoms with Crippen LogP contribution in [0, 0.1) is 12.7 Å². The van der Waals surface area contributed by atoms with Crippen LogP contribution in [0.4, 0.5) is 4.39 Å². The van der Waals surface area contributed by atoms with Crippen LogP contribution in [0.5, 0.6) is 0 Å². The number of likely N-dealkylation sites (tertiary alicyclic amines) is 1. The van der Waals surface area contributed by atoms with Crippen LogP contribution in [0.3, 0.4) is 0 Å². The summed E-state index contributed by atoms with van der Waals surface area (Å²) in [5.74, 6) is 0.497. The average molecular weight is 367 g/mol. The van der Waals surface area contributed by atoms with Gasteiger partial charge in [-0.2, -0.15) is 4.98 Å². The Morgan fingerprint density at radius 1 is 1.30 bits per heavy atom. The van der Waals surface area contributed by atoms with E-state index in [4.69, 9.17) is 4.52 Å². The summed E-state index contributed by atoms with van der Waals surface area (Å²) in [6, 6.07) is 5.63. The van der Waals surface area contributed by atoms with Crippen LogP contribution < -0.4 is 0 Å². The number of carbonyl (C=O) groups is 1. The van der Waals surface area contributed by atoms with Crippen molar-refractivity contribution in [3.63, 3.8) is 0 Å². The Balaban J connectivity index is 1.59. The van der Waals surface area contributed by atoms with E-state index in [1.807, 2.05) is 0 Å². The minimum atomic E-state index is -0.357. The first-order valence-electron chi connectivity index (χ1n) is 8.77. The smallest absolute Gasteiger partial charge is 0.253 e. The Bertz CT molecular complexity index is 957. The SMILES string of the molecule is Cc1nc(-c2cncnc2[C@@H]2CCCN(C(=O)c3ccc(F)cc3)C2)no1. The molecule has 4 rings (SSSR count). The van der Waals surface area contributed by atoms with Crippen molar-refractivity contribution in [2.45, 2.75) is 25.7 Å². The molecule has 1 saturated heterocycles. The molecule has 1 aliphatic rings. The Kier molecular flexibility index (Phi) is 4.62. The molecule has 138 valence electrons. The van der Waals surface area contributed by atoms with Crippen LogP contribution >= 0.6 is 0 Å². The molecule has 0 aliphatic carbocycles. The second-order valence-electron chi connectivity index (χ2n) is 6.56. The molecular weight excluding hydrogens is 349 g/mol. The van der Waals surface area contributed by atoms with Gasteiger partial charge >= 0.3 is 0 Å². The molecule has 2 aromatic heterocycles. The fraction of sp³-hybridized carbons (Fsp3) is 0.316. The van der Waals surface area contributed by atoms with Gasteiger partial charge in [0.15, 0.2) is 0 Å². The van der Waals surface area contributed by atoms with E-state index >= 15 is 0 Å². The lowest BCUT2D eigenvalue weighted by molar-refractivity contribution is 0.0706. The van der Waals surface area contributed by atoms with Crippen LogP contribution in [-0.4, -0.2) is 44.0 Å². The average Bonchev–Trinajstić information content (AvgIpc) is 3.14. The number of rotatable bonds is 3. The molecule has 0 saturated carbocycles. The Morgan fingerprint density at radius 3 is 2.85 bits per heavy atom. The van der Waals surface area contributed by atoms with Gasteiger partial charge in [0, 0.05) is 37.7 Å². The number of halogens is 1. The first kappa shape index (κ1) is 17.3. The Labute approximate surface area is 155 Å². The lowest BCUT2D eigenvalue weighted by atomic mass is 9.91. The van der Waals surface area contributed by atoms with E-state index in [-0.39, 0.29) is 17.6 Å². The van der Waals surface area contributed by atoms with E-state index in [9.17, 15) is 9.18 Å². The lowest BCUT2D eigenvalue weighted by Crippen LogP contribution is -2.39. The summed E-state index contributed by atoms with van der Waals surface area (Å²) in [5, 5.41) is 3.97. The topological polar surface area (TPSA) is 85.0 Å². The van der Waals surface area contributed by atoms with E-state index in [0.29, 0.717) is 30.4 Å². The number of nitrogens with zero attached hydrogens (tertiary/aromatic N) is 5. The largest absolute Gasteiger partial charge is 0.339 e. The summed E-state index contributed by atoms with van der Waals surface area (Å²) < 4.78 is 18.2. The highest BCUT2D eigenvalue weighted by molar-refractivity contribution is 5.94. The van der Waals surface area contributed by atoms with Gasteiger partial charge in [-0.1, -0.05) is 5.16 Å². The highest BCUT2D eigenvalue weighted by Gasteiger charge is 2.29. The van der Waals surface area contributed by atoms with E-state index in [1.165, 1.54) is 30.6 Å². The summed E-state index contributed by atoms with van der Waals surface area (Å²) in [6.07, 6.45) is 4.92. The summed E-state index contributed by atoms with van der Waals surface area (Å²) >= 11 is 0. The maximum absolute atomic E-state index is 13.1. The number of aryl methyl sites for hydroxylation is 1. The van der Waals surface area contributed by atoms with Gasteiger partial charge in [0.05, 0.1) is 11.3 Å². The van der Waals surface area contributed by atoms with Gasteiger partial charge in [0.1, 0.15) is 12.1 Å². The van der Waals surface area contributed by atoms with E-state index in [0.717, 1.165) is 24.1 Å². The van der Waals surface area contributed by atoms with E-state index in [2.05, 4.69) is 20.1 Å². The minimum Gasteiger partial charge on any atom is -0.339 e. The van der Waals surface area contributed by atoms with Crippen LogP contribution in [0.25, 0.3) is 11.4 Å². The molecule has 0 bridgehead atoms. The monoisotopic (exact) mass is 367 g/mol. The predicted octanol–water partition coefficient (Wildman–Crippen LogP) is 2.99. The molecule has 1 aliphatic heterocycles. The molecule has 8 heteroatoms. The number of hydrogen-bond acceptors (Lipinski definition) is 6. The molecule has 0 radical (unpaired) electrons. The Morgan fingerprint density at radius 2 is 2.11 bits per heavy atom. The summed E-state index contributed by atoms with van der Waals surface area (Å²) in [6.45, 7) is 2.91. The van der Waals surface area contributed by atoms with Gasteiger partial charge < -0.3 is 9.42 Å². The van der Waals surface area contributed by atoms with Crippen LogP contribution in [-0.2, 0) is 0 Å². The van der Waals surface area contributed by atoms with Crippen LogP contribution in [0.2, 0.25) is 0 Å². The number of carbonyl (C=O) groups excluding carboxylic acids is 1.